The monoisotopic (exact) mass is 180 g/mol. The van der Waals surface area contributed by atoms with Crippen LogP contribution >= 0.6 is 11.6 Å². The lowest BCUT2D eigenvalue weighted by Crippen LogP contribution is -2.27. The Balaban J connectivity index is 2.37. The number of carboxylic acid groups (broad SMARTS) is 1. The number of rotatable bonds is 2. The summed E-state index contributed by atoms with van der Waals surface area (Å²) in [4.78, 5) is 10.1. The second-order valence-electron chi connectivity index (χ2n) is 2.27. The largest absolute Gasteiger partial charge is 0.506 e. The fraction of sp³-hybridized carbons (Fsp3) is 0.833. The van der Waals surface area contributed by atoms with Crippen molar-refractivity contribution < 1.29 is 19.4 Å². The standard InChI is InChI=1S/C6H9ClO4/c7-3-5-4(1-2-10-5)11-6(8)9/h4-5H,1-3H2,(H,8,9)/t4?,5-/m0/s1. The van der Waals surface area contributed by atoms with E-state index in [0.717, 1.165) is 0 Å². The van der Waals surface area contributed by atoms with E-state index in [1.54, 1.807) is 0 Å². The van der Waals surface area contributed by atoms with Crippen LogP contribution in [0.25, 0.3) is 0 Å². The summed E-state index contributed by atoms with van der Waals surface area (Å²) in [5.41, 5.74) is 0. The quantitative estimate of drug-likeness (QED) is 0.510. The first-order chi connectivity index (χ1) is 5.24. The highest BCUT2D eigenvalue weighted by molar-refractivity contribution is 6.18. The summed E-state index contributed by atoms with van der Waals surface area (Å²) in [5, 5.41) is 8.27. The molecule has 4 nitrogen and oxygen atoms in total. The normalized spacial score (nSPS) is 30.3. The minimum absolute atomic E-state index is 0.271. The van der Waals surface area contributed by atoms with Crippen LogP contribution in [-0.4, -0.2) is 36.0 Å². The summed E-state index contributed by atoms with van der Waals surface area (Å²) < 4.78 is 9.62. The summed E-state index contributed by atoms with van der Waals surface area (Å²) in [6, 6.07) is 0. The predicted octanol–water partition coefficient (Wildman–Crippen LogP) is 1.08. The minimum Gasteiger partial charge on any atom is -0.450 e. The van der Waals surface area contributed by atoms with Crippen molar-refractivity contribution in [2.45, 2.75) is 18.6 Å². The molecular formula is C6H9ClO4. The predicted molar refractivity (Wildman–Crippen MR) is 38.0 cm³/mol. The van der Waals surface area contributed by atoms with Crippen molar-refractivity contribution in [1.29, 1.82) is 0 Å². The van der Waals surface area contributed by atoms with Gasteiger partial charge in [0.05, 0.1) is 12.5 Å². The van der Waals surface area contributed by atoms with E-state index in [0.29, 0.717) is 13.0 Å². The number of ether oxygens (including phenoxy) is 2. The fourth-order valence-corrected chi connectivity index (χ4v) is 1.32. The highest BCUT2D eigenvalue weighted by Crippen LogP contribution is 2.18. The van der Waals surface area contributed by atoms with E-state index in [2.05, 4.69) is 4.74 Å². The molecule has 1 unspecified atom stereocenters. The average molecular weight is 181 g/mol. The van der Waals surface area contributed by atoms with Crippen molar-refractivity contribution in [3.63, 3.8) is 0 Å². The van der Waals surface area contributed by atoms with Gasteiger partial charge in [-0.25, -0.2) is 4.79 Å². The molecule has 1 fully saturated rings. The van der Waals surface area contributed by atoms with Crippen LogP contribution in [0.15, 0.2) is 0 Å². The maximum Gasteiger partial charge on any atom is 0.506 e. The number of alkyl halides is 1. The topological polar surface area (TPSA) is 55.8 Å². The van der Waals surface area contributed by atoms with Crippen molar-refractivity contribution in [2.24, 2.45) is 0 Å². The molecule has 1 aliphatic heterocycles. The van der Waals surface area contributed by atoms with E-state index >= 15 is 0 Å². The zero-order chi connectivity index (χ0) is 8.27. The van der Waals surface area contributed by atoms with Gasteiger partial charge in [-0.15, -0.1) is 11.6 Å². The maximum atomic E-state index is 10.1. The van der Waals surface area contributed by atoms with Gasteiger partial charge in [0.15, 0.2) is 0 Å². The number of halogens is 1. The number of carbonyl (C=O) groups is 1. The lowest BCUT2D eigenvalue weighted by Gasteiger charge is -2.13. The Labute approximate surface area is 69.0 Å². The van der Waals surface area contributed by atoms with Gasteiger partial charge < -0.3 is 14.6 Å². The third-order valence-corrected chi connectivity index (χ3v) is 1.86. The molecule has 1 saturated heterocycles. The first-order valence-electron chi connectivity index (χ1n) is 3.31. The number of hydrogen-bond donors (Lipinski definition) is 1. The van der Waals surface area contributed by atoms with Crippen LogP contribution in [-0.2, 0) is 9.47 Å². The van der Waals surface area contributed by atoms with E-state index < -0.39 is 6.16 Å². The molecule has 64 valence electrons. The maximum absolute atomic E-state index is 10.1. The molecule has 0 aromatic carbocycles. The van der Waals surface area contributed by atoms with Gasteiger partial charge >= 0.3 is 6.16 Å². The Hall–Kier alpha value is -0.480. The molecule has 1 heterocycles. The Kier molecular flexibility index (Phi) is 2.96. The van der Waals surface area contributed by atoms with E-state index in [4.69, 9.17) is 21.4 Å². The molecule has 1 N–H and O–H groups in total. The van der Waals surface area contributed by atoms with Crippen LogP contribution in [0.5, 0.6) is 0 Å². The summed E-state index contributed by atoms with van der Waals surface area (Å²) in [7, 11) is 0. The second kappa shape index (κ2) is 3.78. The second-order valence-corrected chi connectivity index (χ2v) is 2.58. The summed E-state index contributed by atoms with van der Waals surface area (Å²) in [5.74, 6) is 0.276. The highest BCUT2D eigenvalue weighted by atomic mass is 35.5. The molecule has 1 rings (SSSR count). The minimum atomic E-state index is -1.27. The molecular weight excluding hydrogens is 172 g/mol. The van der Waals surface area contributed by atoms with Gasteiger partial charge in [-0.3, -0.25) is 0 Å². The molecule has 0 spiro atoms. The molecule has 0 saturated carbocycles. The molecule has 0 aliphatic carbocycles. The van der Waals surface area contributed by atoms with Gasteiger partial charge in [0.25, 0.3) is 0 Å². The van der Waals surface area contributed by atoms with Crippen LogP contribution in [0.4, 0.5) is 4.79 Å². The van der Waals surface area contributed by atoms with E-state index in [-0.39, 0.29) is 18.1 Å². The first-order valence-corrected chi connectivity index (χ1v) is 3.84. The molecule has 0 aromatic rings. The zero-order valence-corrected chi connectivity index (χ0v) is 6.58. The Morgan fingerprint density at radius 3 is 3.09 bits per heavy atom. The van der Waals surface area contributed by atoms with Crippen molar-refractivity contribution in [2.75, 3.05) is 12.5 Å². The van der Waals surface area contributed by atoms with Crippen LogP contribution in [0, 0.1) is 0 Å². The van der Waals surface area contributed by atoms with Crippen molar-refractivity contribution in [3.05, 3.63) is 0 Å². The third kappa shape index (κ3) is 2.24. The first kappa shape index (κ1) is 8.62. The fourth-order valence-electron chi connectivity index (χ4n) is 1.04. The molecule has 1 aliphatic rings. The van der Waals surface area contributed by atoms with Gasteiger partial charge in [-0.1, -0.05) is 0 Å². The van der Waals surface area contributed by atoms with Crippen LogP contribution < -0.4 is 0 Å². The average Bonchev–Trinajstić information content (AvgIpc) is 2.34. The molecule has 0 aromatic heterocycles. The molecule has 2 atom stereocenters. The van der Waals surface area contributed by atoms with Crippen molar-refractivity contribution in [3.8, 4) is 0 Å². The summed E-state index contributed by atoms with van der Waals surface area (Å²) in [6.07, 6.45) is -1.32. The SMILES string of the molecule is O=C(O)OC1CCO[C@H]1CCl. The summed E-state index contributed by atoms with van der Waals surface area (Å²) >= 11 is 5.49. The molecule has 0 amide bonds. The van der Waals surface area contributed by atoms with Gasteiger partial charge in [0.1, 0.15) is 12.2 Å². The zero-order valence-electron chi connectivity index (χ0n) is 5.83. The smallest absolute Gasteiger partial charge is 0.450 e. The van der Waals surface area contributed by atoms with E-state index in [1.807, 2.05) is 0 Å². The van der Waals surface area contributed by atoms with Crippen LogP contribution in [0.1, 0.15) is 6.42 Å². The Bertz CT molecular complexity index is 150. The number of hydrogen-bond acceptors (Lipinski definition) is 3. The highest BCUT2D eigenvalue weighted by Gasteiger charge is 2.30. The van der Waals surface area contributed by atoms with Gasteiger partial charge in [-0.2, -0.15) is 0 Å². The van der Waals surface area contributed by atoms with Gasteiger partial charge in [0, 0.05) is 6.42 Å². The molecule has 0 radical (unpaired) electrons. The lowest BCUT2D eigenvalue weighted by molar-refractivity contribution is 0.0135. The Morgan fingerprint density at radius 2 is 2.55 bits per heavy atom. The van der Waals surface area contributed by atoms with Crippen LogP contribution in [0.3, 0.4) is 0 Å². The molecule has 5 heteroatoms. The molecule has 11 heavy (non-hydrogen) atoms. The third-order valence-electron chi connectivity index (χ3n) is 1.55. The van der Waals surface area contributed by atoms with Crippen LogP contribution in [0.2, 0.25) is 0 Å². The Morgan fingerprint density at radius 1 is 1.82 bits per heavy atom. The van der Waals surface area contributed by atoms with Gasteiger partial charge in [-0.05, 0) is 0 Å². The summed E-state index contributed by atoms with van der Waals surface area (Å²) in [6.45, 7) is 0.523. The van der Waals surface area contributed by atoms with E-state index in [1.165, 1.54) is 0 Å². The molecule has 0 bridgehead atoms. The van der Waals surface area contributed by atoms with Crippen molar-refractivity contribution >= 4 is 17.8 Å². The lowest BCUT2D eigenvalue weighted by atomic mass is 10.2. The van der Waals surface area contributed by atoms with Crippen molar-refractivity contribution in [1.82, 2.24) is 0 Å². The van der Waals surface area contributed by atoms with Gasteiger partial charge in [0.2, 0.25) is 0 Å². The van der Waals surface area contributed by atoms with E-state index in [9.17, 15) is 4.79 Å².